The maximum absolute atomic E-state index is 12.6. The number of anilines is 1. The first-order valence-electron chi connectivity index (χ1n) is 10.0. The number of nitrogens with one attached hydrogen (secondary N) is 1. The molecule has 29 heavy (non-hydrogen) atoms. The molecule has 1 atom stereocenters. The number of hydrogen-bond donors (Lipinski definition) is 1. The van der Waals surface area contributed by atoms with Gasteiger partial charge in [0.2, 0.25) is 0 Å². The molecule has 3 aromatic carbocycles. The molecule has 0 aliphatic heterocycles. The van der Waals surface area contributed by atoms with E-state index in [0.717, 1.165) is 12.1 Å². The Morgan fingerprint density at radius 3 is 1.97 bits per heavy atom. The Kier molecular flexibility index (Phi) is 6.84. The number of rotatable bonds is 8. The molecule has 0 heterocycles. The summed E-state index contributed by atoms with van der Waals surface area (Å²) in [4.78, 5) is 12.6. The van der Waals surface area contributed by atoms with Crippen LogP contribution in [0.4, 0.5) is 5.69 Å². The lowest BCUT2D eigenvalue weighted by Crippen LogP contribution is -2.32. The van der Waals surface area contributed by atoms with Crippen molar-refractivity contribution in [2.24, 2.45) is 0 Å². The van der Waals surface area contributed by atoms with E-state index in [-0.39, 0.29) is 17.4 Å². The summed E-state index contributed by atoms with van der Waals surface area (Å²) in [7, 11) is 0. The van der Waals surface area contributed by atoms with Gasteiger partial charge in [0.05, 0.1) is 18.2 Å². The van der Waals surface area contributed by atoms with Crippen molar-refractivity contribution in [2.45, 2.75) is 38.8 Å². The Morgan fingerprint density at radius 1 is 0.828 bits per heavy atom. The van der Waals surface area contributed by atoms with Crippen LogP contribution in [-0.2, 0) is 11.2 Å². The molecule has 0 bridgehead atoms. The van der Waals surface area contributed by atoms with E-state index in [1.807, 2.05) is 60.7 Å². The summed E-state index contributed by atoms with van der Waals surface area (Å²) in [6.45, 7) is 6.80. The van der Waals surface area contributed by atoms with Crippen molar-refractivity contribution in [3.8, 4) is 0 Å². The van der Waals surface area contributed by atoms with E-state index in [2.05, 4.69) is 50.4 Å². The fourth-order valence-corrected chi connectivity index (χ4v) is 3.11. The van der Waals surface area contributed by atoms with Crippen LogP contribution >= 0.6 is 0 Å². The molecule has 0 aromatic heterocycles. The van der Waals surface area contributed by atoms with Gasteiger partial charge in [-0.05, 0) is 57.0 Å². The first kappa shape index (κ1) is 20.8. The van der Waals surface area contributed by atoms with Gasteiger partial charge in [0.15, 0.2) is 5.78 Å². The maximum atomic E-state index is 12.6. The van der Waals surface area contributed by atoms with Gasteiger partial charge in [0, 0.05) is 16.8 Å². The van der Waals surface area contributed by atoms with Crippen molar-refractivity contribution < 1.29 is 9.53 Å². The van der Waals surface area contributed by atoms with Gasteiger partial charge in [-0.25, -0.2) is 0 Å². The number of carbonyl (C=O) groups is 1. The summed E-state index contributed by atoms with van der Waals surface area (Å²) in [5, 5.41) is 3.57. The SMILES string of the molecule is CC(C)(C)OC[C@H](Cc1ccccc1)Nc1ccc(C(=O)c2ccccc2)cc1. The van der Waals surface area contributed by atoms with Crippen LogP contribution in [-0.4, -0.2) is 24.0 Å². The number of benzene rings is 3. The molecule has 0 fully saturated rings. The Bertz CT molecular complexity index is 897. The molecule has 0 aliphatic rings. The van der Waals surface area contributed by atoms with Gasteiger partial charge in [0.25, 0.3) is 0 Å². The van der Waals surface area contributed by atoms with Gasteiger partial charge in [-0.1, -0.05) is 60.7 Å². The van der Waals surface area contributed by atoms with Gasteiger partial charge in [-0.3, -0.25) is 4.79 Å². The summed E-state index contributed by atoms with van der Waals surface area (Å²) in [6.07, 6.45) is 0.863. The average Bonchev–Trinajstić information content (AvgIpc) is 2.73. The number of carbonyl (C=O) groups excluding carboxylic acids is 1. The van der Waals surface area contributed by atoms with Crippen LogP contribution in [0.25, 0.3) is 0 Å². The predicted molar refractivity (Wildman–Crippen MR) is 120 cm³/mol. The molecule has 3 nitrogen and oxygen atoms in total. The first-order valence-corrected chi connectivity index (χ1v) is 10.0. The maximum Gasteiger partial charge on any atom is 0.193 e. The Labute approximate surface area is 173 Å². The van der Waals surface area contributed by atoms with Gasteiger partial charge in [-0.2, -0.15) is 0 Å². The van der Waals surface area contributed by atoms with E-state index in [1.54, 1.807) is 0 Å². The lowest BCUT2D eigenvalue weighted by Gasteiger charge is -2.26. The third kappa shape index (κ3) is 6.58. The second kappa shape index (κ2) is 9.53. The molecule has 0 unspecified atom stereocenters. The zero-order valence-corrected chi connectivity index (χ0v) is 17.4. The molecular formula is C26H29NO2. The zero-order valence-electron chi connectivity index (χ0n) is 17.4. The monoisotopic (exact) mass is 387 g/mol. The van der Waals surface area contributed by atoms with E-state index < -0.39 is 0 Å². The molecule has 150 valence electrons. The smallest absolute Gasteiger partial charge is 0.193 e. The standard InChI is InChI=1S/C26H29NO2/c1-26(2,3)29-19-24(18-20-10-6-4-7-11-20)27-23-16-14-22(15-17-23)25(28)21-12-8-5-9-13-21/h4-17,24,27H,18-19H2,1-3H3/t24-/m0/s1. The Morgan fingerprint density at radius 2 is 1.38 bits per heavy atom. The van der Waals surface area contributed by atoms with Crippen molar-refractivity contribution in [1.29, 1.82) is 0 Å². The highest BCUT2D eigenvalue weighted by atomic mass is 16.5. The fourth-order valence-electron chi connectivity index (χ4n) is 3.11. The van der Waals surface area contributed by atoms with Crippen LogP contribution in [0, 0.1) is 0 Å². The lowest BCUT2D eigenvalue weighted by molar-refractivity contribution is -0.00756. The summed E-state index contributed by atoms with van der Waals surface area (Å²) >= 11 is 0. The molecule has 0 spiro atoms. The summed E-state index contributed by atoms with van der Waals surface area (Å²) in [5.74, 6) is 0.0362. The molecule has 3 aromatic rings. The summed E-state index contributed by atoms with van der Waals surface area (Å²) in [6, 6.07) is 27.6. The number of hydrogen-bond acceptors (Lipinski definition) is 3. The minimum atomic E-state index is -0.192. The quantitative estimate of drug-likeness (QED) is 0.500. The van der Waals surface area contributed by atoms with Gasteiger partial charge in [0.1, 0.15) is 0 Å². The molecule has 3 heteroatoms. The predicted octanol–water partition coefficient (Wildman–Crippen LogP) is 5.76. The van der Waals surface area contributed by atoms with E-state index >= 15 is 0 Å². The summed E-state index contributed by atoms with van der Waals surface area (Å²) in [5.41, 5.74) is 3.44. The second-order valence-corrected chi connectivity index (χ2v) is 8.23. The van der Waals surface area contributed by atoms with Gasteiger partial charge >= 0.3 is 0 Å². The van der Waals surface area contributed by atoms with Crippen LogP contribution in [0.5, 0.6) is 0 Å². The molecular weight excluding hydrogens is 358 g/mol. The molecule has 1 N–H and O–H groups in total. The van der Waals surface area contributed by atoms with Crippen LogP contribution in [0.2, 0.25) is 0 Å². The second-order valence-electron chi connectivity index (χ2n) is 8.23. The third-order valence-corrected chi connectivity index (χ3v) is 4.60. The summed E-state index contributed by atoms with van der Waals surface area (Å²) < 4.78 is 6.04. The number of ether oxygens (including phenoxy) is 1. The third-order valence-electron chi connectivity index (χ3n) is 4.60. The van der Waals surface area contributed by atoms with E-state index in [1.165, 1.54) is 5.56 Å². The fraction of sp³-hybridized carbons (Fsp3) is 0.269. The molecule has 0 amide bonds. The Hall–Kier alpha value is -2.91. The van der Waals surface area contributed by atoms with Gasteiger partial charge < -0.3 is 10.1 Å². The van der Waals surface area contributed by atoms with E-state index in [0.29, 0.717) is 17.7 Å². The first-order chi connectivity index (χ1) is 13.9. The highest BCUT2D eigenvalue weighted by Gasteiger charge is 2.16. The average molecular weight is 388 g/mol. The molecule has 0 saturated carbocycles. The molecule has 0 saturated heterocycles. The zero-order chi connectivity index (χ0) is 20.7. The largest absolute Gasteiger partial charge is 0.380 e. The molecule has 0 aliphatic carbocycles. The van der Waals surface area contributed by atoms with Crippen LogP contribution in [0.3, 0.4) is 0 Å². The molecule has 0 radical (unpaired) electrons. The van der Waals surface area contributed by atoms with Crippen molar-refractivity contribution in [3.63, 3.8) is 0 Å². The minimum absolute atomic E-state index is 0.0362. The highest BCUT2D eigenvalue weighted by molar-refractivity contribution is 6.09. The lowest BCUT2D eigenvalue weighted by atomic mass is 10.0. The van der Waals surface area contributed by atoms with Crippen LogP contribution < -0.4 is 5.32 Å². The highest BCUT2D eigenvalue weighted by Crippen LogP contribution is 2.17. The van der Waals surface area contributed by atoms with Crippen molar-refractivity contribution in [2.75, 3.05) is 11.9 Å². The van der Waals surface area contributed by atoms with Crippen LogP contribution in [0.1, 0.15) is 42.3 Å². The van der Waals surface area contributed by atoms with E-state index in [4.69, 9.17) is 4.74 Å². The van der Waals surface area contributed by atoms with Crippen molar-refractivity contribution >= 4 is 11.5 Å². The van der Waals surface area contributed by atoms with E-state index in [9.17, 15) is 4.79 Å². The molecule has 3 rings (SSSR count). The van der Waals surface area contributed by atoms with Crippen LogP contribution in [0.15, 0.2) is 84.9 Å². The number of ketones is 1. The van der Waals surface area contributed by atoms with Crippen molar-refractivity contribution in [3.05, 3.63) is 102 Å². The normalized spacial score (nSPS) is 12.4. The van der Waals surface area contributed by atoms with Crippen molar-refractivity contribution in [1.82, 2.24) is 0 Å². The van der Waals surface area contributed by atoms with Gasteiger partial charge in [-0.15, -0.1) is 0 Å². The topological polar surface area (TPSA) is 38.3 Å². The Balaban J connectivity index is 1.70. The minimum Gasteiger partial charge on any atom is -0.380 e.